The average Bonchev–Trinajstić information content (AvgIpc) is 2.45. The van der Waals surface area contributed by atoms with Gasteiger partial charge in [-0.05, 0) is 22.0 Å². The van der Waals surface area contributed by atoms with Crippen LogP contribution in [-0.4, -0.2) is 31.1 Å². The normalized spacial score (nSPS) is 12.3. The van der Waals surface area contributed by atoms with Crippen LogP contribution in [0, 0.1) is 0 Å². The molecule has 0 bridgehead atoms. The quantitative estimate of drug-likeness (QED) is 0.779. The number of fused-ring (bicyclic) bond motifs is 1. The van der Waals surface area contributed by atoms with Gasteiger partial charge >= 0.3 is 0 Å². The van der Waals surface area contributed by atoms with Crippen molar-refractivity contribution in [2.45, 2.75) is 0 Å². The lowest BCUT2D eigenvalue weighted by Gasteiger charge is -2.22. The molecule has 3 nitrogen and oxygen atoms in total. The maximum atomic E-state index is 4.30. The summed E-state index contributed by atoms with van der Waals surface area (Å²) in [5, 5.41) is 1.17. The minimum Gasteiger partial charge on any atom is -0.341 e. The fourth-order valence-corrected chi connectivity index (χ4v) is 1.85. The van der Waals surface area contributed by atoms with E-state index in [1.807, 2.05) is 6.20 Å². The van der Waals surface area contributed by atoms with E-state index in [1.165, 1.54) is 11.1 Å². The second-order valence-electron chi connectivity index (χ2n) is 4.24. The molecule has 0 aliphatic rings. The lowest BCUT2D eigenvalue weighted by molar-refractivity contribution is 0.490. The number of quaternary nitrogens is 1. The molecular formula is C10H13BrN3+. The number of nitrogens with zero attached hydrogens (tertiary/aromatic N) is 2. The number of aromatic nitrogens is 2. The van der Waals surface area contributed by atoms with Crippen molar-refractivity contribution < 1.29 is 0 Å². The van der Waals surface area contributed by atoms with Gasteiger partial charge in [0.2, 0.25) is 0 Å². The van der Waals surface area contributed by atoms with Crippen molar-refractivity contribution >= 4 is 32.7 Å². The van der Waals surface area contributed by atoms with Crippen molar-refractivity contribution in [3.8, 4) is 0 Å². The van der Waals surface area contributed by atoms with Crippen LogP contribution in [0.15, 0.2) is 22.9 Å². The van der Waals surface area contributed by atoms with Crippen LogP contribution in [0.2, 0.25) is 0 Å². The van der Waals surface area contributed by atoms with E-state index < -0.39 is 0 Å². The summed E-state index contributed by atoms with van der Waals surface area (Å²) in [4.78, 5) is 7.48. The maximum absolute atomic E-state index is 4.30. The van der Waals surface area contributed by atoms with Crippen molar-refractivity contribution in [2.24, 2.45) is 0 Å². The molecular weight excluding hydrogens is 242 g/mol. The van der Waals surface area contributed by atoms with Crippen molar-refractivity contribution in [1.29, 1.82) is 0 Å². The summed E-state index contributed by atoms with van der Waals surface area (Å²) in [6, 6.07) is 2.09. The van der Waals surface area contributed by atoms with Crippen LogP contribution in [0.3, 0.4) is 0 Å². The van der Waals surface area contributed by atoms with Crippen molar-refractivity contribution in [1.82, 2.24) is 14.5 Å². The van der Waals surface area contributed by atoms with Gasteiger partial charge in [0.15, 0.2) is 5.69 Å². The number of H-pyrrole nitrogens is 1. The number of hydrogen-bond donors (Lipinski definition) is 1. The lowest BCUT2D eigenvalue weighted by atomic mass is 10.3. The van der Waals surface area contributed by atoms with E-state index in [9.17, 15) is 0 Å². The largest absolute Gasteiger partial charge is 0.341 e. The molecule has 0 saturated carbocycles. The number of rotatable bonds is 1. The zero-order chi connectivity index (χ0) is 10.3. The molecule has 2 aromatic heterocycles. The first-order chi connectivity index (χ1) is 6.48. The first-order valence-corrected chi connectivity index (χ1v) is 5.22. The Labute approximate surface area is 91.5 Å². The smallest absolute Gasteiger partial charge is 0.159 e. The van der Waals surface area contributed by atoms with Gasteiger partial charge in [0, 0.05) is 10.7 Å². The van der Waals surface area contributed by atoms with E-state index >= 15 is 0 Å². The Morgan fingerprint density at radius 2 is 2.07 bits per heavy atom. The number of pyridine rings is 1. The summed E-state index contributed by atoms with van der Waals surface area (Å²) in [6.45, 7) is 0. The van der Waals surface area contributed by atoms with Crippen LogP contribution >= 0.6 is 15.9 Å². The third-order valence-electron chi connectivity index (χ3n) is 2.20. The summed E-state index contributed by atoms with van der Waals surface area (Å²) in [5.74, 6) is 0. The van der Waals surface area contributed by atoms with Crippen LogP contribution in [0.25, 0.3) is 11.0 Å². The van der Waals surface area contributed by atoms with Crippen LogP contribution in [-0.2, 0) is 0 Å². The van der Waals surface area contributed by atoms with E-state index in [4.69, 9.17) is 0 Å². The van der Waals surface area contributed by atoms with Gasteiger partial charge in [-0.1, -0.05) is 0 Å². The molecule has 2 heterocycles. The Morgan fingerprint density at radius 1 is 1.36 bits per heavy atom. The molecule has 2 aromatic rings. The maximum Gasteiger partial charge on any atom is 0.159 e. The highest BCUT2D eigenvalue weighted by Crippen LogP contribution is 2.28. The second kappa shape index (κ2) is 3.07. The molecule has 0 saturated heterocycles. The molecule has 2 rings (SSSR count). The molecule has 0 aliphatic heterocycles. The van der Waals surface area contributed by atoms with Crippen molar-refractivity contribution in [2.75, 3.05) is 21.1 Å². The molecule has 0 aliphatic carbocycles. The fourth-order valence-electron chi connectivity index (χ4n) is 1.52. The molecule has 4 heteroatoms. The first-order valence-electron chi connectivity index (χ1n) is 4.43. The van der Waals surface area contributed by atoms with Gasteiger partial charge in [-0.15, -0.1) is 0 Å². The predicted molar refractivity (Wildman–Crippen MR) is 63.4 cm³/mol. The van der Waals surface area contributed by atoms with Gasteiger partial charge in [-0.2, -0.15) is 0 Å². The second-order valence-corrected chi connectivity index (χ2v) is 5.15. The number of nitrogens with one attached hydrogen (secondary N) is 1. The minimum absolute atomic E-state index is 0.790. The molecule has 14 heavy (non-hydrogen) atoms. The van der Waals surface area contributed by atoms with Gasteiger partial charge in [0.25, 0.3) is 0 Å². The van der Waals surface area contributed by atoms with Crippen molar-refractivity contribution in [3.63, 3.8) is 0 Å². The van der Waals surface area contributed by atoms with Gasteiger partial charge < -0.3 is 4.98 Å². The molecule has 0 amide bonds. The summed E-state index contributed by atoms with van der Waals surface area (Å²) in [6.07, 6.45) is 3.82. The molecule has 74 valence electrons. The van der Waals surface area contributed by atoms with Gasteiger partial charge in [-0.25, -0.2) is 4.98 Å². The van der Waals surface area contributed by atoms with Gasteiger partial charge in [0.1, 0.15) is 5.65 Å². The molecule has 0 fully saturated rings. The highest BCUT2D eigenvalue weighted by Gasteiger charge is 2.18. The summed E-state index contributed by atoms with van der Waals surface area (Å²) < 4.78 is 1.80. The SMILES string of the molecule is C[N+](C)(C)c1c[nH]c2ncc(Br)cc12. The molecule has 1 N–H and O–H groups in total. The van der Waals surface area contributed by atoms with Gasteiger partial charge in [0.05, 0.1) is 32.7 Å². The van der Waals surface area contributed by atoms with Crippen LogP contribution in [0.5, 0.6) is 0 Å². The lowest BCUT2D eigenvalue weighted by Crippen LogP contribution is -2.34. The van der Waals surface area contributed by atoms with Crippen LogP contribution in [0.4, 0.5) is 5.69 Å². The first kappa shape index (κ1) is 9.68. The Balaban J connectivity index is 2.73. The number of hydrogen-bond acceptors (Lipinski definition) is 1. The molecule has 0 unspecified atom stereocenters. The summed E-state index contributed by atoms with van der Waals surface area (Å²) in [5.41, 5.74) is 2.19. The topological polar surface area (TPSA) is 28.7 Å². The zero-order valence-corrected chi connectivity index (χ0v) is 10.1. The number of halogens is 1. The molecule has 0 radical (unpaired) electrons. The third-order valence-corrected chi connectivity index (χ3v) is 2.63. The average molecular weight is 255 g/mol. The third kappa shape index (κ3) is 1.55. The predicted octanol–water partition coefficient (Wildman–Crippen LogP) is 2.52. The van der Waals surface area contributed by atoms with E-state index in [0.29, 0.717) is 0 Å². The Bertz CT molecular complexity index is 468. The van der Waals surface area contributed by atoms with Crippen molar-refractivity contribution in [3.05, 3.63) is 22.9 Å². The Kier molecular flexibility index (Phi) is 2.12. The van der Waals surface area contributed by atoms with E-state index in [-0.39, 0.29) is 0 Å². The molecule has 0 atom stereocenters. The van der Waals surface area contributed by atoms with E-state index in [1.54, 1.807) is 6.20 Å². The summed E-state index contributed by atoms with van der Waals surface area (Å²) >= 11 is 3.43. The Hall–Kier alpha value is -0.870. The Morgan fingerprint density at radius 3 is 2.71 bits per heavy atom. The monoisotopic (exact) mass is 254 g/mol. The standard InChI is InChI=1S/C10H13BrN3/c1-14(2,3)9-6-13-10-8(9)4-7(11)5-12-10/h4-6H,1-3H3,(H,12,13)/q+1. The van der Waals surface area contributed by atoms with Gasteiger partial charge in [-0.3, -0.25) is 4.48 Å². The summed E-state index contributed by atoms with van der Waals surface area (Å²) in [7, 11) is 6.43. The highest BCUT2D eigenvalue weighted by molar-refractivity contribution is 9.10. The van der Waals surface area contributed by atoms with E-state index in [0.717, 1.165) is 14.6 Å². The van der Waals surface area contributed by atoms with Crippen LogP contribution in [0.1, 0.15) is 0 Å². The number of aromatic amines is 1. The highest BCUT2D eigenvalue weighted by atomic mass is 79.9. The molecule has 0 spiro atoms. The molecule has 0 aromatic carbocycles. The van der Waals surface area contributed by atoms with Crippen LogP contribution < -0.4 is 4.48 Å². The fraction of sp³-hybridized carbons (Fsp3) is 0.300. The zero-order valence-electron chi connectivity index (χ0n) is 8.50. The van der Waals surface area contributed by atoms with E-state index in [2.05, 4.69) is 53.1 Å². The minimum atomic E-state index is 0.790.